The molecule has 0 bridgehead atoms. The third kappa shape index (κ3) is 4.54. The van der Waals surface area contributed by atoms with Crippen molar-refractivity contribution in [3.63, 3.8) is 0 Å². The molecule has 0 saturated carbocycles. The first-order chi connectivity index (χ1) is 8.69. The van der Waals surface area contributed by atoms with Crippen LogP contribution in [-0.2, 0) is 11.3 Å². The van der Waals surface area contributed by atoms with E-state index < -0.39 is 0 Å². The smallest absolute Gasteiger partial charge is 0.269 e. The van der Waals surface area contributed by atoms with Gasteiger partial charge in [-0.05, 0) is 0 Å². The monoisotopic (exact) mass is 269 g/mol. The number of anilines is 1. The molecule has 0 aliphatic carbocycles. The van der Waals surface area contributed by atoms with Crippen LogP contribution in [0.15, 0.2) is 29.2 Å². The van der Waals surface area contributed by atoms with Crippen molar-refractivity contribution in [2.45, 2.75) is 6.54 Å². The van der Waals surface area contributed by atoms with E-state index in [0.717, 1.165) is 12.2 Å². The van der Waals surface area contributed by atoms with Gasteiger partial charge in [0.15, 0.2) is 0 Å². The lowest BCUT2D eigenvalue weighted by atomic mass is 10.4. The van der Waals surface area contributed by atoms with Crippen molar-refractivity contribution in [3.8, 4) is 0 Å². The molecule has 0 saturated heterocycles. The van der Waals surface area contributed by atoms with Gasteiger partial charge in [0.25, 0.3) is 5.56 Å². The average molecular weight is 269 g/mol. The van der Waals surface area contributed by atoms with Gasteiger partial charge in [-0.1, -0.05) is 12.2 Å². The van der Waals surface area contributed by atoms with Crippen LogP contribution in [0, 0.1) is 0 Å². The molecule has 0 fully saturated rings. The highest BCUT2D eigenvalue weighted by atomic mass is 32.1. The maximum Gasteiger partial charge on any atom is 0.269 e. The van der Waals surface area contributed by atoms with Crippen LogP contribution in [0.25, 0.3) is 0 Å². The fourth-order valence-electron chi connectivity index (χ4n) is 1.38. The van der Waals surface area contributed by atoms with Crippen LogP contribution in [0.1, 0.15) is 0 Å². The van der Waals surface area contributed by atoms with Gasteiger partial charge in [-0.15, -0.1) is 0 Å². The zero-order chi connectivity index (χ0) is 13.4. The molecule has 5 nitrogen and oxygen atoms in total. The highest BCUT2D eigenvalue weighted by molar-refractivity contribution is 7.80. The van der Waals surface area contributed by atoms with Crippen molar-refractivity contribution >= 4 is 18.3 Å². The van der Waals surface area contributed by atoms with Gasteiger partial charge < -0.3 is 9.64 Å². The first-order valence-electron chi connectivity index (χ1n) is 5.72. The van der Waals surface area contributed by atoms with Gasteiger partial charge in [0.2, 0.25) is 0 Å². The minimum Gasteiger partial charge on any atom is -0.383 e. The van der Waals surface area contributed by atoms with Gasteiger partial charge in [-0.25, -0.2) is 4.68 Å². The van der Waals surface area contributed by atoms with E-state index in [1.807, 2.05) is 24.1 Å². The van der Waals surface area contributed by atoms with E-state index >= 15 is 0 Å². The third-order valence-electron chi connectivity index (χ3n) is 2.48. The summed E-state index contributed by atoms with van der Waals surface area (Å²) in [5, 5.41) is 4.12. The van der Waals surface area contributed by atoms with Crippen molar-refractivity contribution in [3.05, 3.63) is 34.8 Å². The summed E-state index contributed by atoms with van der Waals surface area (Å²) < 4.78 is 6.40. The summed E-state index contributed by atoms with van der Waals surface area (Å²) in [6, 6.07) is 1.58. The second kappa shape index (κ2) is 7.94. The molecule has 0 N–H and O–H groups in total. The summed E-state index contributed by atoms with van der Waals surface area (Å²) in [6.07, 6.45) is 5.44. The van der Waals surface area contributed by atoms with Crippen molar-refractivity contribution in [2.75, 3.05) is 38.0 Å². The number of aromatic nitrogens is 2. The van der Waals surface area contributed by atoms with E-state index in [9.17, 15) is 4.79 Å². The van der Waals surface area contributed by atoms with E-state index in [2.05, 4.69) is 17.7 Å². The minimum atomic E-state index is -0.111. The summed E-state index contributed by atoms with van der Waals surface area (Å²) in [4.78, 5) is 13.7. The first kappa shape index (κ1) is 14.8. The number of likely N-dealkylation sites (N-methyl/N-ethyl adjacent to an activating group) is 1. The van der Waals surface area contributed by atoms with Gasteiger partial charge in [-0.3, -0.25) is 4.79 Å². The Bertz CT molecular complexity index is 445. The highest BCUT2D eigenvalue weighted by Gasteiger charge is 2.03. The summed E-state index contributed by atoms with van der Waals surface area (Å²) in [5.41, 5.74) is 0.687. The Balaban J connectivity index is 2.72. The SMILES string of the molecule is COCCN(C)c1cnn(C/C=C/CS)c(=O)c1. The molecule has 1 heterocycles. The van der Waals surface area contributed by atoms with Gasteiger partial charge >= 0.3 is 0 Å². The van der Waals surface area contributed by atoms with Crippen LogP contribution >= 0.6 is 12.6 Å². The molecular formula is C12H19N3O2S. The van der Waals surface area contributed by atoms with Crippen LogP contribution in [-0.4, -0.2) is 42.8 Å². The fraction of sp³-hybridized carbons (Fsp3) is 0.500. The number of rotatable bonds is 7. The highest BCUT2D eigenvalue weighted by Crippen LogP contribution is 2.06. The lowest BCUT2D eigenvalue weighted by molar-refractivity contribution is 0.206. The Morgan fingerprint density at radius 1 is 1.56 bits per heavy atom. The maximum atomic E-state index is 11.8. The van der Waals surface area contributed by atoms with Gasteiger partial charge in [0.05, 0.1) is 25.0 Å². The molecule has 1 aromatic heterocycles. The Kier molecular flexibility index (Phi) is 6.53. The quantitative estimate of drug-likeness (QED) is 0.588. The number of methoxy groups -OCH3 is 1. The number of nitrogens with zero attached hydrogens (tertiary/aromatic N) is 3. The summed E-state index contributed by atoms with van der Waals surface area (Å²) in [5.74, 6) is 0.659. The predicted octanol–water partition coefficient (Wildman–Crippen LogP) is 0.812. The van der Waals surface area contributed by atoms with E-state index in [1.165, 1.54) is 4.68 Å². The number of allylic oxidation sites excluding steroid dienone is 1. The van der Waals surface area contributed by atoms with Crippen molar-refractivity contribution in [2.24, 2.45) is 0 Å². The zero-order valence-electron chi connectivity index (χ0n) is 10.7. The normalized spacial score (nSPS) is 11.1. The molecule has 18 heavy (non-hydrogen) atoms. The molecule has 0 atom stereocenters. The van der Waals surface area contributed by atoms with Crippen LogP contribution in [0.3, 0.4) is 0 Å². The maximum absolute atomic E-state index is 11.8. The lowest BCUT2D eigenvalue weighted by Crippen LogP contribution is -2.27. The largest absolute Gasteiger partial charge is 0.383 e. The van der Waals surface area contributed by atoms with E-state index in [-0.39, 0.29) is 5.56 Å². The fourth-order valence-corrected chi connectivity index (χ4v) is 1.53. The molecule has 0 unspecified atom stereocenters. The second-order valence-electron chi connectivity index (χ2n) is 3.80. The van der Waals surface area contributed by atoms with Crippen LogP contribution < -0.4 is 10.5 Å². The molecule has 6 heteroatoms. The van der Waals surface area contributed by atoms with Gasteiger partial charge in [0.1, 0.15) is 0 Å². The van der Waals surface area contributed by atoms with E-state index in [0.29, 0.717) is 18.9 Å². The topological polar surface area (TPSA) is 47.4 Å². The lowest BCUT2D eigenvalue weighted by Gasteiger charge is -2.18. The van der Waals surface area contributed by atoms with Crippen LogP contribution in [0.4, 0.5) is 5.69 Å². The van der Waals surface area contributed by atoms with Gasteiger partial charge in [-0.2, -0.15) is 17.7 Å². The molecule has 0 amide bonds. The van der Waals surface area contributed by atoms with Crippen LogP contribution in [0.2, 0.25) is 0 Å². The first-order valence-corrected chi connectivity index (χ1v) is 6.35. The molecule has 0 aliphatic heterocycles. The van der Waals surface area contributed by atoms with E-state index in [4.69, 9.17) is 4.74 Å². The molecule has 1 aromatic rings. The molecule has 0 spiro atoms. The molecule has 100 valence electrons. The number of ether oxygens (including phenoxy) is 1. The minimum absolute atomic E-state index is 0.111. The van der Waals surface area contributed by atoms with E-state index in [1.54, 1.807) is 19.4 Å². The summed E-state index contributed by atoms with van der Waals surface area (Å²) >= 11 is 4.06. The Morgan fingerprint density at radius 3 is 2.94 bits per heavy atom. The Labute approximate surface area is 112 Å². The van der Waals surface area contributed by atoms with Crippen molar-refractivity contribution in [1.82, 2.24) is 9.78 Å². The number of hydrogen-bond donors (Lipinski definition) is 1. The van der Waals surface area contributed by atoms with Crippen molar-refractivity contribution < 1.29 is 4.74 Å². The predicted molar refractivity (Wildman–Crippen MR) is 76.6 cm³/mol. The van der Waals surface area contributed by atoms with Crippen LogP contribution in [0.5, 0.6) is 0 Å². The second-order valence-corrected chi connectivity index (χ2v) is 4.17. The number of hydrogen-bond acceptors (Lipinski definition) is 5. The molecular weight excluding hydrogens is 250 g/mol. The summed E-state index contributed by atoms with van der Waals surface area (Å²) in [7, 11) is 3.55. The Hall–Kier alpha value is -1.27. The summed E-state index contributed by atoms with van der Waals surface area (Å²) in [6.45, 7) is 1.81. The molecule has 0 aliphatic rings. The molecule has 0 aromatic carbocycles. The molecule has 1 rings (SSSR count). The number of thiol groups is 1. The zero-order valence-corrected chi connectivity index (χ0v) is 11.6. The standard InChI is InChI=1S/C12H19N3O2S/c1-14(6-7-17-2)11-9-12(16)15(13-10-11)5-3-4-8-18/h3-4,9-10,18H,5-8H2,1-2H3/b4-3+. The molecule has 0 radical (unpaired) electrons. The third-order valence-corrected chi connectivity index (χ3v) is 2.69. The Morgan fingerprint density at radius 2 is 2.33 bits per heavy atom. The van der Waals surface area contributed by atoms with Gasteiger partial charge in [0, 0.05) is 32.5 Å². The average Bonchev–Trinajstić information content (AvgIpc) is 2.38. The van der Waals surface area contributed by atoms with Crippen molar-refractivity contribution in [1.29, 1.82) is 0 Å².